The number of hydrogen-bond donors (Lipinski definition) is 2. The van der Waals surface area contributed by atoms with E-state index in [4.69, 9.17) is 9.47 Å². The van der Waals surface area contributed by atoms with Crippen molar-refractivity contribution in [2.75, 3.05) is 39.7 Å². The number of Topliss-reactive ketones (excluding diaryl/α,β-unsaturated/α-hetero) is 1. The summed E-state index contributed by atoms with van der Waals surface area (Å²) in [5.41, 5.74) is 2.56. The molecule has 4 aromatic carbocycles. The van der Waals surface area contributed by atoms with Crippen LogP contribution in [-0.2, 0) is 15.1 Å². The number of piperidine rings is 1. The van der Waals surface area contributed by atoms with Gasteiger partial charge in [-0.2, -0.15) is 0 Å². The summed E-state index contributed by atoms with van der Waals surface area (Å²) in [7, 11) is 5.31. The Morgan fingerprint density at radius 3 is 2.11 bits per heavy atom. The Labute approximate surface area is 257 Å². The number of benzene rings is 4. The SMILES string of the molecule is COc1ccc(/C=C2\CN(C)C[C@]3(C2=O)[C@H](c2ccc(OC)cc2)[C@@H](c2ccccc2)N[C@]32C(=O)Nc3ccccc32)cc1. The Kier molecular flexibility index (Phi) is 6.87. The predicted octanol–water partition coefficient (Wildman–Crippen LogP) is 5.56. The van der Waals surface area contributed by atoms with Gasteiger partial charge in [0.1, 0.15) is 17.0 Å². The fourth-order valence-electron chi connectivity index (χ4n) is 7.77. The first-order valence-electron chi connectivity index (χ1n) is 14.9. The number of amides is 1. The summed E-state index contributed by atoms with van der Waals surface area (Å²) in [5.74, 6) is 0.866. The number of likely N-dealkylation sites (N-methyl/N-ethyl adjacent to an activating group) is 1. The second-order valence-electron chi connectivity index (χ2n) is 11.9. The third kappa shape index (κ3) is 4.11. The third-order valence-corrected chi connectivity index (χ3v) is 9.57. The molecule has 7 nitrogen and oxygen atoms in total. The number of methoxy groups -OCH3 is 2. The number of carbonyl (C=O) groups excluding carboxylic acids is 2. The number of likely N-dealkylation sites (tertiary alicyclic amines) is 1. The van der Waals surface area contributed by atoms with Gasteiger partial charge in [-0.1, -0.05) is 72.8 Å². The molecule has 2 fully saturated rings. The first-order valence-corrected chi connectivity index (χ1v) is 14.9. The average molecular weight is 586 g/mol. The number of hydrogen-bond acceptors (Lipinski definition) is 6. The fourth-order valence-corrected chi connectivity index (χ4v) is 7.77. The van der Waals surface area contributed by atoms with E-state index in [1.165, 1.54) is 0 Å². The molecule has 3 heterocycles. The highest BCUT2D eigenvalue weighted by molar-refractivity contribution is 6.16. The van der Waals surface area contributed by atoms with Crippen molar-refractivity contribution >= 4 is 23.5 Å². The summed E-state index contributed by atoms with van der Waals surface area (Å²) in [6.45, 7) is 0.859. The fraction of sp³-hybridized carbons (Fsp3) is 0.243. The van der Waals surface area contributed by atoms with Gasteiger partial charge in [0.05, 0.1) is 19.6 Å². The number of nitrogens with zero attached hydrogens (tertiary/aromatic N) is 1. The monoisotopic (exact) mass is 585 g/mol. The van der Waals surface area contributed by atoms with E-state index in [1.54, 1.807) is 14.2 Å². The molecule has 7 heteroatoms. The molecule has 0 radical (unpaired) electrons. The van der Waals surface area contributed by atoms with Gasteiger partial charge in [-0.3, -0.25) is 14.9 Å². The topological polar surface area (TPSA) is 79.9 Å². The van der Waals surface area contributed by atoms with Crippen molar-refractivity contribution in [2.24, 2.45) is 5.41 Å². The molecule has 0 aromatic heterocycles. The zero-order valence-electron chi connectivity index (χ0n) is 25.0. The molecular formula is C37H35N3O4. The number of carbonyl (C=O) groups is 2. The lowest BCUT2D eigenvalue weighted by Crippen LogP contribution is -2.65. The molecule has 4 atom stereocenters. The Morgan fingerprint density at radius 2 is 1.43 bits per heavy atom. The molecule has 1 amide bonds. The molecule has 222 valence electrons. The van der Waals surface area contributed by atoms with Gasteiger partial charge in [0.2, 0.25) is 0 Å². The highest BCUT2D eigenvalue weighted by atomic mass is 16.5. The minimum absolute atomic E-state index is 0.0231. The van der Waals surface area contributed by atoms with Gasteiger partial charge in [-0.25, -0.2) is 0 Å². The van der Waals surface area contributed by atoms with Crippen molar-refractivity contribution in [3.8, 4) is 11.5 Å². The molecule has 0 unspecified atom stereocenters. The lowest BCUT2D eigenvalue weighted by atomic mass is 9.55. The Balaban J connectivity index is 1.51. The number of ketones is 1. The van der Waals surface area contributed by atoms with E-state index >= 15 is 4.79 Å². The quantitative estimate of drug-likeness (QED) is 0.299. The summed E-state index contributed by atoms with van der Waals surface area (Å²) in [4.78, 5) is 32.2. The maximum absolute atomic E-state index is 15.5. The molecule has 2 N–H and O–H groups in total. The second-order valence-corrected chi connectivity index (χ2v) is 11.9. The molecule has 2 saturated heterocycles. The van der Waals surface area contributed by atoms with Gasteiger partial charge in [0, 0.05) is 41.9 Å². The van der Waals surface area contributed by atoms with E-state index in [0.29, 0.717) is 18.7 Å². The minimum atomic E-state index is -1.32. The van der Waals surface area contributed by atoms with Crippen molar-refractivity contribution in [2.45, 2.75) is 17.5 Å². The van der Waals surface area contributed by atoms with E-state index in [2.05, 4.69) is 27.7 Å². The number of ether oxygens (including phenoxy) is 2. The van der Waals surface area contributed by atoms with E-state index < -0.39 is 11.0 Å². The number of fused-ring (bicyclic) bond motifs is 3. The molecule has 7 rings (SSSR count). The average Bonchev–Trinajstić information content (AvgIpc) is 3.52. The zero-order chi connectivity index (χ0) is 30.5. The van der Waals surface area contributed by atoms with E-state index in [-0.39, 0.29) is 23.7 Å². The normalized spacial score (nSPS) is 27.1. The third-order valence-electron chi connectivity index (χ3n) is 9.57. The van der Waals surface area contributed by atoms with Crippen molar-refractivity contribution < 1.29 is 19.1 Å². The summed E-state index contributed by atoms with van der Waals surface area (Å²) in [5, 5.41) is 6.99. The van der Waals surface area contributed by atoms with Gasteiger partial charge in [-0.15, -0.1) is 0 Å². The highest BCUT2D eigenvalue weighted by Crippen LogP contribution is 2.65. The van der Waals surface area contributed by atoms with Crippen LogP contribution in [0.5, 0.6) is 11.5 Å². The Bertz CT molecular complexity index is 1750. The van der Waals surface area contributed by atoms with Crippen molar-refractivity contribution in [1.82, 2.24) is 10.2 Å². The van der Waals surface area contributed by atoms with E-state index in [0.717, 1.165) is 39.4 Å². The van der Waals surface area contributed by atoms with Crippen molar-refractivity contribution in [1.29, 1.82) is 0 Å². The largest absolute Gasteiger partial charge is 0.497 e. The standard InChI is InChI=1S/C37H35N3O4/c1-40-22-27(21-24-13-17-28(43-2)18-14-24)34(41)36(23-40)32(25-15-19-29(44-3)20-16-25)33(26-9-5-4-6-10-26)39-37(36)30-11-7-8-12-31(30)38-35(37)42/h4-21,32-33,39H,22-23H2,1-3H3,(H,38,42)/b27-21+/t32-,33-,36-,37-/m1/s1. The molecule has 0 bridgehead atoms. The molecule has 2 spiro atoms. The number of rotatable bonds is 5. The number of nitrogens with one attached hydrogen (secondary N) is 2. The molecule has 3 aliphatic rings. The molecule has 0 saturated carbocycles. The van der Waals surface area contributed by atoms with Crippen LogP contribution in [0.3, 0.4) is 0 Å². The van der Waals surface area contributed by atoms with Crippen molar-refractivity contribution in [3.05, 3.63) is 131 Å². The van der Waals surface area contributed by atoms with Crippen LogP contribution in [0.1, 0.15) is 34.2 Å². The first-order chi connectivity index (χ1) is 21.4. The smallest absolute Gasteiger partial charge is 0.250 e. The van der Waals surface area contributed by atoms with Crippen LogP contribution in [0.4, 0.5) is 5.69 Å². The van der Waals surface area contributed by atoms with Crippen LogP contribution in [0.15, 0.2) is 109 Å². The summed E-state index contributed by atoms with van der Waals surface area (Å²) in [6.07, 6.45) is 1.96. The van der Waals surface area contributed by atoms with Crippen LogP contribution in [0.2, 0.25) is 0 Å². The van der Waals surface area contributed by atoms with Gasteiger partial charge in [0.25, 0.3) is 5.91 Å². The maximum Gasteiger partial charge on any atom is 0.250 e. The van der Waals surface area contributed by atoms with Crippen LogP contribution in [0.25, 0.3) is 6.08 Å². The summed E-state index contributed by atoms with van der Waals surface area (Å²) in [6, 6.07) is 33.2. The molecule has 4 aromatic rings. The Hall–Kier alpha value is -4.72. The summed E-state index contributed by atoms with van der Waals surface area (Å²) < 4.78 is 10.9. The number of anilines is 1. The Morgan fingerprint density at radius 1 is 0.795 bits per heavy atom. The minimum Gasteiger partial charge on any atom is -0.497 e. The molecule has 0 aliphatic carbocycles. The van der Waals surface area contributed by atoms with Gasteiger partial charge < -0.3 is 19.7 Å². The van der Waals surface area contributed by atoms with Crippen LogP contribution < -0.4 is 20.1 Å². The predicted molar refractivity (Wildman–Crippen MR) is 171 cm³/mol. The van der Waals surface area contributed by atoms with Gasteiger partial charge in [0.15, 0.2) is 5.78 Å². The zero-order valence-corrected chi connectivity index (χ0v) is 25.0. The van der Waals surface area contributed by atoms with E-state index in [9.17, 15) is 4.79 Å². The van der Waals surface area contributed by atoms with Crippen LogP contribution in [0, 0.1) is 5.41 Å². The number of para-hydroxylation sites is 1. The van der Waals surface area contributed by atoms with Crippen LogP contribution >= 0.6 is 0 Å². The first kappa shape index (κ1) is 28.1. The lowest BCUT2D eigenvalue weighted by Gasteiger charge is -2.49. The lowest BCUT2D eigenvalue weighted by molar-refractivity contribution is -0.141. The maximum atomic E-state index is 15.5. The second kappa shape index (κ2) is 10.8. The highest BCUT2D eigenvalue weighted by Gasteiger charge is 2.74. The summed E-state index contributed by atoms with van der Waals surface area (Å²) >= 11 is 0. The van der Waals surface area contributed by atoms with Crippen molar-refractivity contribution in [3.63, 3.8) is 0 Å². The van der Waals surface area contributed by atoms with Gasteiger partial charge >= 0.3 is 0 Å². The molecule has 3 aliphatic heterocycles. The van der Waals surface area contributed by atoms with E-state index in [1.807, 2.05) is 104 Å². The molecular weight excluding hydrogens is 550 g/mol. The molecule has 44 heavy (non-hydrogen) atoms. The van der Waals surface area contributed by atoms with Crippen LogP contribution in [-0.4, -0.2) is 50.9 Å². The van der Waals surface area contributed by atoms with Gasteiger partial charge in [-0.05, 0) is 60.1 Å².